The van der Waals surface area contributed by atoms with Gasteiger partial charge in [0.2, 0.25) is 0 Å². The highest BCUT2D eigenvalue weighted by Crippen LogP contribution is 2.26. The summed E-state index contributed by atoms with van der Waals surface area (Å²) >= 11 is 0. The number of nitrogens with zero attached hydrogens (tertiary/aromatic N) is 1. The van der Waals surface area contributed by atoms with E-state index in [1.165, 1.54) is 0 Å². The predicted octanol–water partition coefficient (Wildman–Crippen LogP) is 0.200. The summed E-state index contributed by atoms with van der Waals surface area (Å²) in [7, 11) is 7.14. The summed E-state index contributed by atoms with van der Waals surface area (Å²) in [5.41, 5.74) is -1.07. The molecule has 0 aromatic heterocycles. The fourth-order valence-corrected chi connectivity index (χ4v) is 1.18. The average molecular weight is 151 g/mol. The van der Waals surface area contributed by atoms with Crippen molar-refractivity contribution < 1.29 is 9.47 Å². The van der Waals surface area contributed by atoms with Gasteiger partial charge in [-0.2, -0.15) is 5.26 Å². The van der Waals surface area contributed by atoms with E-state index in [1.807, 2.05) is 6.07 Å². The van der Waals surface area contributed by atoms with Gasteiger partial charge in [0.25, 0.3) is 0 Å². The second-order valence-electron chi connectivity index (χ2n) is 2.74. The lowest BCUT2D eigenvalue weighted by molar-refractivity contribution is 0.000963. The Morgan fingerprint density at radius 3 is 3.09 bits per heavy atom. The maximum absolute atomic E-state index is 8.57. The number of rotatable bonds is 2. The van der Waals surface area contributed by atoms with Gasteiger partial charge >= 0.3 is 0 Å². The maximum Gasteiger partial charge on any atom is 0.135 e. The van der Waals surface area contributed by atoms with Gasteiger partial charge in [0, 0.05) is 7.11 Å². The molecule has 0 aromatic rings. The van der Waals surface area contributed by atoms with Crippen molar-refractivity contribution in [1.29, 1.82) is 5.26 Å². The number of hydrogen-bond acceptors (Lipinski definition) is 3. The van der Waals surface area contributed by atoms with Crippen molar-refractivity contribution in [3.8, 4) is 6.07 Å². The summed E-state index contributed by atoms with van der Waals surface area (Å²) in [6.07, 6.45) is 1.39. The zero-order valence-electron chi connectivity index (χ0n) is 6.54. The van der Waals surface area contributed by atoms with Crippen LogP contribution in [0.2, 0.25) is 0 Å². The quantitative estimate of drug-likeness (QED) is 0.529. The summed E-state index contributed by atoms with van der Waals surface area (Å²) in [4.78, 5) is 0. The van der Waals surface area contributed by atoms with E-state index in [0.29, 0.717) is 13.0 Å². The van der Waals surface area contributed by atoms with Crippen LogP contribution in [0.5, 0.6) is 0 Å². The SMILES string of the molecule is [B][C@@]1(C#N)CC[C@@H](COC)O1. The van der Waals surface area contributed by atoms with Gasteiger partial charge in [-0.1, -0.05) is 0 Å². The van der Waals surface area contributed by atoms with Gasteiger partial charge in [-0.25, -0.2) is 0 Å². The highest BCUT2D eigenvalue weighted by atomic mass is 16.5. The third-order valence-corrected chi connectivity index (χ3v) is 1.76. The Hall–Kier alpha value is -0.525. The summed E-state index contributed by atoms with van der Waals surface area (Å²) < 4.78 is 10.1. The van der Waals surface area contributed by atoms with Crippen molar-refractivity contribution in [1.82, 2.24) is 0 Å². The van der Waals surface area contributed by atoms with Crippen LogP contribution in [-0.4, -0.2) is 33.2 Å². The van der Waals surface area contributed by atoms with Gasteiger partial charge in [-0.15, -0.1) is 0 Å². The number of ether oxygens (including phenoxy) is 2. The van der Waals surface area contributed by atoms with E-state index in [4.69, 9.17) is 22.6 Å². The minimum absolute atomic E-state index is 0.00958. The number of nitriles is 1. The molecule has 1 saturated heterocycles. The monoisotopic (exact) mass is 151 g/mol. The van der Waals surface area contributed by atoms with E-state index >= 15 is 0 Å². The molecule has 2 radical (unpaired) electrons. The molecule has 11 heavy (non-hydrogen) atoms. The molecule has 0 aromatic carbocycles. The Kier molecular flexibility index (Phi) is 2.53. The van der Waals surface area contributed by atoms with Crippen molar-refractivity contribution in [3.63, 3.8) is 0 Å². The van der Waals surface area contributed by atoms with Crippen LogP contribution in [0.4, 0.5) is 0 Å². The summed E-state index contributed by atoms with van der Waals surface area (Å²) in [5, 5.41) is 8.57. The molecule has 0 N–H and O–H groups in total. The topological polar surface area (TPSA) is 42.2 Å². The minimum atomic E-state index is -1.07. The van der Waals surface area contributed by atoms with Crippen molar-refractivity contribution >= 4 is 7.85 Å². The molecular weight excluding hydrogens is 141 g/mol. The first-order valence-corrected chi connectivity index (χ1v) is 3.57. The zero-order chi connectivity index (χ0) is 8.32. The molecule has 3 nitrogen and oxygen atoms in total. The van der Waals surface area contributed by atoms with Gasteiger partial charge in [0.1, 0.15) is 13.3 Å². The lowest BCUT2D eigenvalue weighted by Crippen LogP contribution is -2.28. The highest BCUT2D eigenvalue weighted by Gasteiger charge is 2.35. The van der Waals surface area contributed by atoms with E-state index in [-0.39, 0.29) is 6.10 Å². The van der Waals surface area contributed by atoms with Gasteiger partial charge in [0.05, 0.1) is 18.8 Å². The Morgan fingerprint density at radius 2 is 2.64 bits per heavy atom. The van der Waals surface area contributed by atoms with Crippen molar-refractivity contribution in [2.75, 3.05) is 13.7 Å². The van der Waals surface area contributed by atoms with Crippen LogP contribution in [0.3, 0.4) is 0 Å². The summed E-state index contributed by atoms with van der Waals surface area (Å²) in [6.45, 7) is 0.515. The molecule has 0 aliphatic carbocycles. The van der Waals surface area contributed by atoms with Crippen LogP contribution >= 0.6 is 0 Å². The third kappa shape index (κ3) is 1.95. The first-order chi connectivity index (χ1) is 5.20. The Bertz CT molecular complexity index is 180. The van der Waals surface area contributed by atoms with Crippen molar-refractivity contribution in [2.45, 2.75) is 24.4 Å². The van der Waals surface area contributed by atoms with E-state index in [9.17, 15) is 0 Å². The molecule has 0 amide bonds. The molecule has 0 spiro atoms. The molecule has 4 heteroatoms. The Balaban J connectivity index is 2.41. The van der Waals surface area contributed by atoms with Gasteiger partial charge in [0.15, 0.2) is 0 Å². The average Bonchev–Trinajstić information content (AvgIpc) is 2.35. The molecular formula is C7H10BNO2. The van der Waals surface area contributed by atoms with Crippen LogP contribution in [0.15, 0.2) is 0 Å². The molecule has 0 bridgehead atoms. The largest absolute Gasteiger partial charge is 0.382 e. The molecule has 0 saturated carbocycles. The standard InChI is InChI=1S/C7H10BNO2/c1-10-4-6-2-3-7(8,5-9)11-6/h6H,2-4H2,1H3/t6-,7-/m0/s1. The maximum atomic E-state index is 8.57. The van der Waals surface area contributed by atoms with Crippen LogP contribution in [0.25, 0.3) is 0 Å². The van der Waals surface area contributed by atoms with Crippen LogP contribution in [-0.2, 0) is 9.47 Å². The minimum Gasteiger partial charge on any atom is -0.382 e. The van der Waals surface area contributed by atoms with E-state index < -0.39 is 5.50 Å². The third-order valence-electron chi connectivity index (χ3n) is 1.76. The fourth-order valence-electron chi connectivity index (χ4n) is 1.18. The van der Waals surface area contributed by atoms with E-state index in [2.05, 4.69) is 0 Å². The molecule has 1 heterocycles. The summed E-state index contributed by atoms with van der Waals surface area (Å²) in [6, 6.07) is 1.93. The lowest BCUT2D eigenvalue weighted by atomic mass is 9.81. The molecule has 1 rings (SSSR count). The molecule has 1 aliphatic heterocycles. The number of methoxy groups -OCH3 is 1. The summed E-state index contributed by atoms with van der Waals surface area (Å²) in [5.74, 6) is 0. The van der Waals surface area contributed by atoms with Gasteiger partial charge < -0.3 is 9.47 Å². The smallest absolute Gasteiger partial charge is 0.135 e. The first kappa shape index (κ1) is 8.57. The van der Waals surface area contributed by atoms with E-state index in [0.717, 1.165) is 6.42 Å². The molecule has 58 valence electrons. The first-order valence-electron chi connectivity index (χ1n) is 3.57. The van der Waals surface area contributed by atoms with Crippen molar-refractivity contribution in [3.05, 3.63) is 0 Å². The molecule has 2 atom stereocenters. The number of hydrogen-bond donors (Lipinski definition) is 0. The molecule has 0 unspecified atom stereocenters. The van der Waals surface area contributed by atoms with Crippen LogP contribution in [0.1, 0.15) is 12.8 Å². The van der Waals surface area contributed by atoms with E-state index in [1.54, 1.807) is 7.11 Å². The van der Waals surface area contributed by atoms with Gasteiger partial charge in [-0.05, 0) is 12.8 Å². The predicted molar refractivity (Wildman–Crippen MR) is 40.1 cm³/mol. The van der Waals surface area contributed by atoms with Gasteiger partial charge in [-0.3, -0.25) is 0 Å². The Labute approximate surface area is 67.7 Å². The highest BCUT2D eigenvalue weighted by molar-refractivity contribution is 6.16. The molecule has 1 fully saturated rings. The van der Waals surface area contributed by atoms with Crippen molar-refractivity contribution in [2.24, 2.45) is 0 Å². The Morgan fingerprint density at radius 1 is 1.91 bits per heavy atom. The lowest BCUT2D eigenvalue weighted by Gasteiger charge is -2.16. The fraction of sp³-hybridized carbons (Fsp3) is 0.857. The molecule has 1 aliphatic rings. The second kappa shape index (κ2) is 3.25. The van der Waals surface area contributed by atoms with Crippen LogP contribution in [0, 0.1) is 11.3 Å². The van der Waals surface area contributed by atoms with Crippen LogP contribution < -0.4 is 0 Å². The second-order valence-corrected chi connectivity index (χ2v) is 2.74. The zero-order valence-corrected chi connectivity index (χ0v) is 6.54. The normalized spacial score (nSPS) is 36.9.